The van der Waals surface area contributed by atoms with Gasteiger partial charge >= 0.3 is 0 Å². The lowest BCUT2D eigenvalue weighted by atomic mass is 9.83. The van der Waals surface area contributed by atoms with Crippen LogP contribution in [0.15, 0.2) is 60.7 Å². The van der Waals surface area contributed by atoms with E-state index in [1.165, 1.54) is 0 Å². The molecule has 0 spiro atoms. The van der Waals surface area contributed by atoms with Gasteiger partial charge in [0, 0.05) is 81.3 Å². The lowest BCUT2D eigenvalue weighted by molar-refractivity contribution is -0.136. The first-order valence-corrected chi connectivity index (χ1v) is 20.7. The van der Waals surface area contributed by atoms with E-state index in [0.29, 0.717) is 38.9 Å². The Balaban J connectivity index is 0.758. The highest BCUT2D eigenvalue weighted by Gasteiger charge is 2.45. The maximum absolute atomic E-state index is 13.3. The molecule has 4 fully saturated rings. The topological polar surface area (TPSA) is 155 Å². The molecule has 2 N–H and O–H groups in total. The number of nitriles is 1. The first kappa shape index (κ1) is 39.4. The monoisotopic (exact) mass is 805 g/mol. The lowest BCUT2D eigenvalue weighted by Gasteiger charge is -2.40. The van der Waals surface area contributed by atoms with E-state index in [4.69, 9.17) is 21.6 Å². The number of benzene rings is 3. The summed E-state index contributed by atoms with van der Waals surface area (Å²) in [7, 11) is 0. The Morgan fingerprint density at radius 1 is 0.845 bits per heavy atom. The number of hydrogen-bond donors (Lipinski definition) is 2. The standard InChI is InChI=1S/C44H48ClN7O6/c1-44(58-34-8-4-30(26-46)37(45)25-34)16-12-31(13-17-44)47-40(54)29-2-5-32(6-3-29)50-18-14-28(15-19-50)27-49-20-22-51(23-21-49)33-7-9-35-36(24-33)43(57)52(42(35)56)38-10-11-39(53)48-41(38)55/h2-9,24-25,28,31,38H,10-23,27H2,1H3,(H,47,54)(H,48,53,55). The van der Waals surface area contributed by atoms with Gasteiger partial charge in [-0.25, -0.2) is 0 Å². The molecule has 8 rings (SSSR count). The average Bonchev–Trinajstić information content (AvgIpc) is 3.47. The molecule has 0 bridgehead atoms. The zero-order valence-electron chi connectivity index (χ0n) is 32.7. The normalized spacial score (nSPS) is 24.3. The van der Waals surface area contributed by atoms with Crippen LogP contribution in [0.1, 0.15) is 94.9 Å². The highest BCUT2D eigenvalue weighted by molar-refractivity contribution is 6.31. The predicted octanol–water partition coefficient (Wildman–Crippen LogP) is 5.16. The van der Waals surface area contributed by atoms with Crippen molar-refractivity contribution < 1.29 is 28.7 Å². The first-order chi connectivity index (χ1) is 28.0. The van der Waals surface area contributed by atoms with Gasteiger partial charge in [0.15, 0.2) is 0 Å². The SMILES string of the molecule is CC1(Oc2ccc(C#N)c(Cl)c2)CCC(NC(=O)c2ccc(N3CCC(CN4CCN(c5ccc6c(c5)C(=O)N(C5CCC(=O)NC5=O)C6=O)CC4)CC3)cc2)CC1. The number of amides is 5. The highest BCUT2D eigenvalue weighted by atomic mass is 35.5. The fraction of sp³-hybridized carbons (Fsp3) is 0.455. The van der Waals surface area contributed by atoms with Gasteiger partial charge in [0.1, 0.15) is 23.5 Å². The Morgan fingerprint density at radius 3 is 2.19 bits per heavy atom. The number of halogens is 1. The van der Waals surface area contributed by atoms with Gasteiger partial charge in [-0.1, -0.05) is 11.6 Å². The van der Waals surface area contributed by atoms with Crippen molar-refractivity contribution in [3.05, 3.63) is 87.9 Å². The number of carbonyl (C=O) groups is 5. The van der Waals surface area contributed by atoms with Gasteiger partial charge in [-0.2, -0.15) is 5.26 Å². The van der Waals surface area contributed by atoms with Crippen LogP contribution in [0, 0.1) is 17.2 Å². The molecular weight excluding hydrogens is 758 g/mol. The number of nitrogens with one attached hydrogen (secondary N) is 2. The zero-order chi connectivity index (χ0) is 40.6. The summed E-state index contributed by atoms with van der Waals surface area (Å²) in [6.07, 6.45) is 5.62. The smallest absolute Gasteiger partial charge is 0.262 e. The summed E-state index contributed by atoms with van der Waals surface area (Å²) in [5.41, 5.74) is 3.33. The maximum Gasteiger partial charge on any atom is 0.262 e. The van der Waals surface area contributed by atoms with Crippen LogP contribution in [0.25, 0.3) is 0 Å². The minimum Gasteiger partial charge on any atom is -0.488 e. The largest absolute Gasteiger partial charge is 0.488 e. The van der Waals surface area contributed by atoms with Gasteiger partial charge < -0.3 is 19.9 Å². The van der Waals surface area contributed by atoms with E-state index in [9.17, 15) is 24.0 Å². The fourth-order valence-corrected chi connectivity index (χ4v) is 9.30. The van der Waals surface area contributed by atoms with Crippen molar-refractivity contribution in [3.63, 3.8) is 0 Å². The first-order valence-electron chi connectivity index (χ1n) is 20.3. The summed E-state index contributed by atoms with van der Waals surface area (Å²) in [4.78, 5) is 71.8. The Kier molecular flexibility index (Phi) is 11.2. The predicted molar refractivity (Wildman–Crippen MR) is 218 cm³/mol. The Labute approximate surface area is 343 Å². The van der Waals surface area contributed by atoms with Crippen LogP contribution < -0.4 is 25.2 Å². The van der Waals surface area contributed by atoms with Crippen LogP contribution >= 0.6 is 11.6 Å². The summed E-state index contributed by atoms with van der Waals surface area (Å²) < 4.78 is 6.29. The van der Waals surface area contributed by atoms with Crippen molar-refractivity contribution >= 4 is 52.5 Å². The number of ether oxygens (including phenoxy) is 1. The molecule has 0 aromatic heterocycles. The molecule has 3 aromatic rings. The quantitative estimate of drug-likeness (QED) is 0.277. The third kappa shape index (κ3) is 8.26. The van der Waals surface area contributed by atoms with Gasteiger partial charge in [-0.05, 0) is 112 Å². The molecule has 1 saturated carbocycles. The molecular formula is C44H48ClN7O6. The summed E-state index contributed by atoms with van der Waals surface area (Å²) in [6.45, 7) is 8.46. The van der Waals surface area contributed by atoms with Gasteiger partial charge in [0.25, 0.3) is 17.7 Å². The lowest BCUT2D eigenvalue weighted by Crippen LogP contribution is -2.54. The molecule has 4 aliphatic heterocycles. The molecule has 3 saturated heterocycles. The molecule has 58 heavy (non-hydrogen) atoms. The maximum atomic E-state index is 13.3. The molecule has 3 aromatic carbocycles. The van der Waals surface area contributed by atoms with Crippen molar-refractivity contribution in [1.82, 2.24) is 20.4 Å². The summed E-state index contributed by atoms with van der Waals surface area (Å²) >= 11 is 6.20. The number of imide groups is 2. The molecule has 1 unspecified atom stereocenters. The van der Waals surface area contributed by atoms with Gasteiger partial charge in [0.05, 0.1) is 21.7 Å². The van der Waals surface area contributed by atoms with Crippen molar-refractivity contribution in [3.8, 4) is 11.8 Å². The van der Waals surface area contributed by atoms with E-state index in [2.05, 4.69) is 50.5 Å². The Morgan fingerprint density at radius 2 is 1.52 bits per heavy atom. The van der Waals surface area contributed by atoms with Crippen molar-refractivity contribution in [2.75, 3.05) is 55.6 Å². The average molecular weight is 806 g/mol. The molecule has 0 radical (unpaired) electrons. The van der Waals surface area contributed by atoms with Crippen LogP contribution in [0.2, 0.25) is 5.02 Å². The highest BCUT2D eigenvalue weighted by Crippen LogP contribution is 2.35. The Bertz CT molecular complexity index is 2150. The summed E-state index contributed by atoms with van der Waals surface area (Å²) in [5, 5.41) is 15.0. The molecule has 5 amide bonds. The van der Waals surface area contributed by atoms with E-state index in [1.54, 1.807) is 30.3 Å². The second kappa shape index (κ2) is 16.4. The number of piperazine rings is 1. The minimum absolute atomic E-state index is 0.0602. The van der Waals surface area contributed by atoms with Crippen molar-refractivity contribution in [1.29, 1.82) is 5.26 Å². The van der Waals surface area contributed by atoms with Crippen molar-refractivity contribution in [2.24, 2.45) is 5.92 Å². The number of carbonyl (C=O) groups excluding carboxylic acids is 5. The van der Waals surface area contributed by atoms with Crippen molar-refractivity contribution in [2.45, 2.75) is 76.0 Å². The third-order valence-corrected chi connectivity index (χ3v) is 12.9. The van der Waals surface area contributed by atoms with Crippen LogP contribution in [0.3, 0.4) is 0 Å². The molecule has 5 aliphatic rings. The second-order valence-electron chi connectivity index (χ2n) is 16.5. The molecule has 1 aliphatic carbocycles. The molecule has 302 valence electrons. The third-order valence-electron chi connectivity index (χ3n) is 12.6. The zero-order valence-corrected chi connectivity index (χ0v) is 33.4. The number of nitrogens with zero attached hydrogens (tertiary/aromatic N) is 5. The van der Waals surface area contributed by atoms with E-state index in [1.807, 2.05) is 18.2 Å². The van der Waals surface area contributed by atoms with E-state index < -0.39 is 29.7 Å². The molecule has 4 heterocycles. The number of piperidine rings is 2. The van der Waals surface area contributed by atoms with Gasteiger partial charge in [-0.3, -0.25) is 39.1 Å². The minimum atomic E-state index is -0.972. The van der Waals surface area contributed by atoms with Gasteiger partial charge in [0.2, 0.25) is 11.8 Å². The molecule has 13 nitrogen and oxygen atoms in total. The van der Waals surface area contributed by atoms with Gasteiger partial charge in [-0.15, -0.1) is 0 Å². The fourth-order valence-electron chi connectivity index (χ4n) is 9.08. The Hall–Kier alpha value is -5.45. The van der Waals surface area contributed by atoms with E-state index in [0.717, 1.165) is 101 Å². The van der Waals surface area contributed by atoms with E-state index >= 15 is 0 Å². The number of anilines is 2. The van der Waals surface area contributed by atoms with Crippen LogP contribution in [0.5, 0.6) is 5.75 Å². The molecule has 1 atom stereocenters. The summed E-state index contributed by atoms with van der Waals surface area (Å²) in [6, 6.07) is 19.6. The number of fused-ring (bicyclic) bond motifs is 1. The van der Waals surface area contributed by atoms with Crippen LogP contribution in [0.4, 0.5) is 11.4 Å². The molecule has 14 heteroatoms. The van der Waals surface area contributed by atoms with Crippen LogP contribution in [-0.4, -0.2) is 103 Å². The second-order valence-corrected chi connectivity index (χ2v) is 16.9. The summed E-state index contributed by atoms with van der Waals surface area (Å²) in [5.74, 6) is -0.788. The van der Waals surface area contributed by atoms with Crippen LogP contribution in [-0.2, 0) is 9.59 Å². The van der Waals surface area contributed by atoms with E-state index in [-0.39, 0.29) is 30.4 Å². The number of rotatable bonds is 9. The number of hydrogen-bond acceptors (Lipinski definition) is 10.